The van der Waals surface area contributed by atoms with E-state index in [9.17, 15) is 24.8 Å². The molecule has 0 aliphatic carbocycles. The first kappa shape index (κ1) is 18.9. The highest BCUT2D eigenvalue weighted by atomic mass is 16.6. The normalized spacial score (nSPS) is 17.9. The van der Waals surface area contributed by atoms with Crippen LogP contribution >= 0.6 is 0 Å². The predicted molar refractivity (Wildman–Crippen MR) is 106 cm³/mol. The molecule has 2 aromatic carbocycles. The summed E-state index contributed by atoms with van der Waals surface area (Å²) in [6.45, 7) is 0. The van der Waals surface area contributed by atoms with Gasteiger partial charge in [-0.3, -0.25) is 24.6 Å². The van der Waals surface area contributed by atoms with Crippen LogP contribution in [0.25, 0.3) is 5.76 Å². The Bertz CT molecular complexity index is 1180. The van der Waals surface area contributed by atoms with Gasteiger partial charge < -0.3 is 5.11 Å². The second kappa shape index (κ2) is 7.55. The fraction of sp³-hybridized carbons (Fsp3) is 0.0476. The summed E-state index contributed by atoms with van der Waals surface area (Å²) in [6, 6.07) is 14.2. The number of nitrogens with zero attached hydrogens (tertiary/aromatic N) is 4. The summed E-state index contributed by atoms with van der Waals surface area (Å²) >= 11 is 0. The number of amides is 1. The topological polar surface area (TPSA) is 127 Å². The summed E-state index contributed by atoms with van der Waals surface area (Å²) in [4.78, 5) is 45.6. The number of hydrogen-bond acceptors (Lipinski definition) is 7. The number of nitro groups is 1. The zero-order valence-corrected chi connectivity index (χ0v) is 15.4. The van der Waals surface area contributed by atoms with Gasteiger partial charge in [0.05, 0.1) is 16.5 Å². The maximum atomic E-state index is 12.9. The van der Waals surface area contributed by atoms with Gasteiger partial charge in [0, 0.05) is 30.1 Å². The molecule has 1 N–H and O–H groups in total. The molecular weight excluding hydrogens is 388 g/mol. The zero-order valence-electron chi connectivity index (χ0n) is 15.4. The Morgan fingerprint density at radius 2 is 1.70 bits per heavy atom. The van der Waals surface area contributed by atoms with Crippen LogP contribution in [-0.4, -0.2) is 31.7 Å². The molecule has 9 heteroatoms. The van der Waals surface area contributed by atoms with Crippen molar-refractivity contribution in [2.24, 2.45) is 0 Å². The second-order valence-electron chi connectivity index (χ2n) is 6.44. The van der Waals surface area contributed by atoms with Gasteiger partial charge in [-0.1, -0.05) is 42.5 Å². The van der Waals surface area contributed by atoms with Crippen molar-refractivity contribution in [1.29, 1.82) is 0 Å². The number of aromatic nitrogens is 2. The number of carbonyl (C=O) groups is 2. The van der Waals surface area contributed by atoms with Crippen molar-refractivity contribution in [1.82, 2.24) is 9.97 Å². The van der Waals surface area contributed by atoms with Gasteiger partial charge >= 0.3 is 5.91 Å². The molecule has 1 aliphatic rings. The lowest BCUT2D eigenvalue weighted by Gasteiger charge is -2.23. The van der Waals surface area contributed by atoms with E-state index in [2.05, 4.69) is 9.97 Å². The van der Waals surface area contributed by atoms with Gasteiger partial charge in [-0.15, -0.1) is 0 Å². The Hall–Kier alpha value is -4.40. The highest BCUT2D eigenvalue weighted by molar-refractivity contribution is 6.51. The smallest absolute Gasteiger partial charge is 0.302 e. The van der Waals surface area contributed by atoms with Crippen LogP contribution in [0, 0.1) is 10.1 Å². The maximum Gasteiger partial charge on any atom is 0.302 e. The van der Waals surface area contributed by atoms with Gasteiger partial charge in [0.2, 0.25) is 5.95 Å². The number of Topliss-reactive ketones (excluding diaryl/α,β-unsaturated/α-hetero) is 1. The van der Waals surface area contributed by atoms with Gasteiger partial charge in [0.25, 0.3) is 11.5 Å². The summed E-state index contributed by atoms with van der Waals surface area (Å²) in [7, 11) is 0. The Balaban J connectivity index is 1.97. The zero-order chi connectivity index (χ0) is 21.3. The average Bonchev–Trinajstić information content (AvgIpc) is 3.05. The van der Waals surface area contributed by atoms with Crippen LogP contribution in [0.2, 0.25) is 0 Å². The van der Waals surface area contributed by atoms with E-state index < -0.39 is 22.7 Å². The van der Waals surface area contributed by atoms with Crippen molar-refractivity contribution in [2.75, 3.05) is 4.90 Å². The summed E-state index contributed by atoms with van der Waals surface area (Å²) in [5, 5.41) is 22.1. The van der Waals surface area contributed by atoms with E-state index in [-0.39, 0.29) is 28.5 Å². The van der Waals surface area contributed by atoms with Gasteiger partial charge in [0.1, 0.15) is 5.76 Å². The predicted octanol–water partition coefficient (Wildman–Crippen LogP) is 3.01. The number of carbonyl (C=O) groups excluding carboxylic acids is 2. The number of nitro benzene ring substituents is 1. The van der Waals surface area contributed by atoms with Crippen LogP contribution in [0.5, 0.6) is 0 Å². The van der Waals surface area contributed by atoms with Gasteiger partial charge in [-0.2, -0.15) is 0 Å². The van der Waals surface area contributed by atoms with Crippen molar-refractivity contribution in [3.8, 4) is 0 Å². The van der Waals surface area contributed by atoms with Gasteiger partial charge in [0.15, 0.2) is 0 Å². The Kier molecular flexibility index (Phi) is 4.77. The van der Waals surface area contributed by atoms with E-state index >= 15 is 0 Å². The largest absolute Gasteiger partial charge is 0.507 e. The first-order chi connectivity index (χ1) is 14.5. The highest BCUT2D eigenvalue weighted by Crippen LogP contribution is 2.41. The molecule has 0 bridgehead atoms. The summed E-state index contributed by atoms with van der Waals surface area (Å²) in [5.41, 5.74) is 0.194. The fourth-order valence-corrected chi connectivity index (χ4v) is 3.33. The number of aliphatic hydroxyl groups excluding tert-OH is 1. The minimum Gasteiger partial charge on any atom is -0.507 e. The Morgan fingerprint density at radius 3 is 2.37 bits per heavy atom. The number of anilines is 1. The molecule has 1 aromatic heterocycles. The molecule has 0 spiro atoms. The van der Waals surface area contributed by atoms with E-state index in [0.717, 1.165) is 4.90 Å². The van der Waals surface area contributed by atoms with Crippen molar-refractivity contribution >= 4 is 29.1 Å². The maximum absolute atomic E-state index is 12.9. The van der Waals surface area contributed by atoms with Crippen molar-refractivity contribution in [3.63, 3.8) is 0 Å². The SMILES string of the molecule is O=C1C(=O)N(c2ncccn2)C(c2cccc([N+](=O)[O-])c2)C1=C(O)c1ccccc1. The number of aliphatic hydroxyl groups is 1. The molecule has 0 radical (unpaired) electrons. The molecule has 0 saturated carbocycles. The van der Waals surface area contributed by atoms with Crippen molar-refractivity contribution in [2.45, 2.75) is 6.04 Å². The third-order valence-corrected chi connectivity index (χ3v) is 4.66. The second-order valence-corrected chi connectivity index (χ2v) is 6.44. The van der Waals surface area contributed by atoms with E-state index in [1.807, 2.05) is 0 Å². The lowest BCUT2D eigenvalue weighted by atomic mass is 9.95. The van der Waals surface area contributed by atoms with E-state index in [1.54, 1.807) is 36.4 Å². The molecule has 1 saturated heterocycles. The van der Waals surface area contributed by atoms with E-state index in [0.29, 0.717) is 5.56 Å². The molecule has 1 atom stereocenters. The molecule has 3 aromatic rings. The molecule has 9 nitrogen and oxygen atoms in total. The van der Waals surface area contributed by atoms with Crippen LogP contribution in [0.15, 0.2) is 78.6 Å². The van der Waals surface area contributed by atoms with Crippen LogP contribution in [-0.2, 0) is 9.59 Å². The van der Waals surface area contributed by atoms with Crippen molar-refractivity contribution < 1.29 is 19.6 Å². The third kappa shape index (κ3) is 3.18. The molecule has 1 amide bonds. The molecule has 1 fully saturated rings. The monoisotopic (exact) mass is 402 g/mol. The number of hydrogen-bond donors (Lipinski definition) is 1. The molecule has 148 valence electrons. The van der Waals surface area contributed by atoms with Crippen LogP contribution < -0.4 is 4.90 Å². The fourth-order valence-electron chi connectivity index (χ4n) is 3.33. The lowest BCUT2D eigenvalue weighted by molar-refractivity contribution is -0.384. The Labute approximate surface area is 170 Å². The molecular formula is C21H14N4O5. The molecule has 4 rings (SSSR count). The van der Waals surface area contributed by atoms with Crippen LogP contribution in [0.1, 0.15) is 17.2 Å². The molecule has 30 heavy (non-hydrogen) atoms. The van der Waals surface area contributed by atoms with Gasteiger partial charge in [-0.25, -0.2) is 9.97 Å². The summed E-state index contributed by atoms with van der Waals surface area (Å²) in [5.74, 6) is -2.30. The standard InChI is InChI=1S/C21H14N4O5/c26-18(13-6-2-1-3-7-13)16-17(14-8-4-9-15(12-14)25(29)30)24(20(28)19(16)27)21-22-10-5-11-23-21/h1-12,17,26H. The van der Waals surface area contributed by atoms with E-state index in [4.69, 9.17) is 0 Å². The minimum atomic E-state index is -1.13. The number of benzene rings is 2. The highest BCUT2D eigenvalue weighted by Gasteiger charge is 2.48. The number of ketones is 1. The van der Waals surface area contributed by atoms with Crippen molar-refractivity contribution in [3.05, 3.63) is 99.9 Å². The van der Waals surface area contributed by atoms with Gasteiger partial charge in [-0.05, 0) is 11.6 Å². The summed E-state index contributed by atoms with van der Waals surface area (Å²) in [6.07, 6.45) is 2.81. The van der Waals surface area contributed by atoms with E-state index in [1.165, 1.54) is 36.7 Å². The molecule has 2 heterocycles. The van der Waals surface area contributed by atoms with Crippen LogP contribution in [0.4, 0.5) is 11.6 Å². The average molecular weight is 402 g/mol. The lowest BCUT2D eigenvalue weighted by Crippen LogP contribution is -2.31. The first-order valence-electron chi connectivity index (χ1n) is 8.87. The third-order valence-electron chi connectivity index (χ3n) is 4.66. The molecule has 1 unspecified atom stereocenters. The number of rotatable bonds is 4. The van der Waals surface area contributed by atoms with Crippen LogP contribution in [0.3, 0.4) is 0 Å². The Morgan fingerprint density at radius 1 is 1.00 bits per heavy atom. The first-order valence-corrected chi connectivity index (χ1v) is 8.87. The number of non-ortho nitro benzene ring substituents is 1. The summed E-state index contributed by atoms with van der Waals surface area (Å²) < 4.78 is 0. The quantitative estimate of drug-likeness (QED) is 0.234. The minimum absolute atomic E-state index is 0.0526. The molecule has 1 aliphatic heterocycles.